The van der Waals surface area contributed by atoms with Gasteiger partial charge in [-0.15, -0.1) is 0 Å². The van der Waals surface area contributed by atoms with Gasteiger partial charge in [-0.25, -0.2) is 0 Å². The monoisotopic (exact) mass is 279 g/mol. The minimum absolute atomic E-state index is 0.107. The van der Waals surface area contributed by atoms with Gasteiger partial charge in [0.05, 0.1) is 7.11 Å². The number of ketones is 1. The van der Waals surface area contributed by atoms with E-state index < -0.39 is 0 Å². The van der Waals surface area contributed by atoms with Crippen LogP contribution in [0.4, 0.5) is 0 Å². The fourth-order valence-corrected chi connectivity index (χ4v) is 3.24. The van der Waals surface area contributed by atoms with E-state index in [0.717, 1.165) is 36.5 Å². The average Bonchev–Trinajstić information content (AvgIpc) is 2.67. The standard InChI is InChI=1S/C15H21NO2S/c1-12(17)13-4-5-15(18-2)14(10-13)11-16-6-3-8-19-9-7-16/h4-5,10H,3,6-9,11H2,1-2H3. The summed E-state index contributed by atoms with van der Waals surface area (Å²) in [6.45, 7) is 4.71. The van der Waals surface area contributed by atoms with Crippen molar-refractivity contribution in [2.45, 2.75) is 19.9 Å². The summed E-state index contributed by atoms with van der Waals surface area (Å²) in [5.41, 5.74) is 1.88. The lowest BCUT2D eigenvalue weighted by atomic mass is 10.1. The van der Waals surface area contributed by atoms with E-state index in [1.807, 2.05) is 30.0 Å². The molecule has 1 aromatic carbocycles. The maximum atomic E-state index is 11.5. The van der Waals surface area contributed by atoms with Gasteiger partial charge in [-0.3, -0.25) is 9.69 Å². The van der Waals surface area contributed by atoms with Crippen LogP contribution in [0.5, 0.6) is 5.75 Å². The second kappa shape index (κ2) is 6.96. The third-order valence-electron chi connectivity index (χ3n) is 3.40. The van der Waals surface area contributed by atoms with Gasteiger partial charge in [-0.2, -0.15) is 11.8 Å². The number of rotatable bonds is 4. The van der Waals surface area contributed by atoms with E-state index in [4.69, 9.17) is 4.74 Å². The Bertz CT molecular complexity index is 440. The highest BCUT2D eigenvalue weighted by Crippen LogP contribution is 2.23. The normalized spacial score (nSPS) is 16.9. The van der Waals surface area contributed by atoms with Crippen LogP contribution in [0.1, 0.15) is 29.3 Å². The van der Waals surface area contributed by atoms with Gasteiger partial charge >= 0.3 is 0 Å². The Hall–Kier alpha value is -1.00. The van der Waals surface area contributed by atoms with Crippen molar-refractivity contribution in [1.82, 2.24) is 4.90 Å². The van der Waals surface area contributed by atoms with E-state index >= 15 is 0 Å². The van der Waals surface area contributed by atoms with Gasteiger partial charge in [0.2, 0.25) is 0 Å². The van der Waals surface area contributed by atoms with Crippen molar-refractivity contribution < 1.29 is 9.53 Å². The Labute approximate surface area is 119 Å². The molecule has 3 nitrogen and oxygen atoms in total. The number of thioether (sulfide) groups is 1. The smallest absolute Gasteiger partial charge is 0.159 e. The molecule has 0 aromatic heterocycles. The first-order chi connectivity index (χ1) is 9.20. The molecule has 0 spiro atoms. The molecule has 0 atom stereocenters. The number of hydrogen-bond acceptors (Lipinski definition) is 4. The van der Waals surface area contributed by atoms with Crippen LogP contribution in [0.25, 0.3) is 0 Å². The molecule has 2 rings (SSSR count). The Morgan fingerprint density at radius 2 is 2.21 bits per heavy atom. The highest BCUT2D eigenvalue weighted by Gasteiger charge is 2.13. The lowest BCUT2D eigenvalue weighted by Gasteiger charge is -2.21. The van der Waals surface area contributed by atoms with Crippen molar-refractivity contribution in [3.8, 4) is 5.75 Å². The molecule has 1 aliphatic heterocycles. The zero-order valence-electron chi connectivity index (χ0n) is 11.6. The molecule has 0 bridgehead atoms. The SMILES string of the molecule is COc1ccc(C(C)=O)cc1CN1CCCSCC1. The first kappa shape index (κ1) is 14.4. The van der Waals surface area contributed by atoms with Gasteiger partial charge in [-0.1, -0.05) is 0 Å². The minimum Gasteiger partial charge on any atom is -0.496 e. The maximum Gasteiger partial charge on any atom is 0.159 e. The fraction of sp³-hybridized carbons (Fsp3) is 0.533. The van der Waals surface area contributed by atoms with Crippen molar-refractivity contribution in [3.05, 3.63) is 29.3 Å². The molecule has 19 heavy (non-hydrogen) atoms. The Morgan fingerprint density at radius 3 is 2.95 bits per heavy atom. The van der Waals surface area contributed by atoms with Gasteiger partial charge in [0.25, 0.3) is 0 Å². The van der Waals surface area contributed by atoms with Crippen LogP contribution in [0.3, 0.4) is 0 Å². The number of nitrogens with zero attached hydrogens (tertiary/aromatic N) is 1. The summed E-state index contributed by atoms with van der Waals surface area (Å²) in [5, 5.41) is 0. The van der Waals surface area contributed by atoms with E-state index in [9.17, 15) is 4.79 Å². The second-order valence-corrected chi connectivity index (χ2v) is 6.05. The lowest BCUT2D eigenvalue weighted by molar-refractivity contribution is 0.101. The molecule has 0 saturated carbocycles. The van der Waals surface area contributed by atoms with E-state index in [1.54, 1.807) is 14.0 Å². The predicted octanol–water partition coefficient (Wildman–Crippen LogP) is 2.84. The maximum absolute atomic E-state index is 11.5. The lowest BCUT2D eigenvalue weighted by Crippen LogP contribution is -2.25. The topological polar surface area (TPSA) is 29.5 Å². The molecule has 0 unspecified atom stereocenters. The van der Waals surface area contributed by atoms with Gasteiger partial charge < -0.3 is 4.74 Å². The quantitative estimate of drug-likeness (QED) is 0.793. The van der Waals surface area contributed by atoms with Crippen LogP contribution in [0, 0.1) is 0 Å². The van der Waals surface area contributed by atoms with Gasteiger partial charge in [0, 0.05) is 30.0 Å². The average molecular weight is 279 g/mol. The van der Waals surface area contributed by atoms with Gasteiger partial charge in [0.15, 0.2) is 5.78 Å². The molecule has 0 radical (unpaired) electrons. The molecule has 0 aliphatic carbocycles. The molecule has 4 heteroatoms. The number of carbonyl (C=O) groups is 1. The zero-order chi connectivity index (χ0) is 13.7. The van der Waals surface area contributed by atoms with E-state index in [1.165, 1.54) is 17.9 Å². The summed E-state index contributed by atoms with van der Waals surface area (Å²) in [6, 6.07) is 5.71. The van der Waals surface area contributed by atoms with Gasteiger partial charge in [0.1, 0.15) is 5.75 Å². The number of carbonyl (C=O) groups excluding carboxylic acids is 1. The molecule has 1 saturated heterocycles. The van der Waals surface area contributed by atoms with E-state index in [-0.39, 0.29) is 5.78 Å². The van der Waals surface area contributed by atoms with Crippen LogP contribution >= 0.6 is 11.8 Å². The third-order valence-corrected chi connectivity index (χ3v) is 4.44. The Balaban J connectivity index is 2.16. The summed E-state index contributed by atoms with van der Waals surface area (Å²) in [5.74, 6) is 3.42. The minimum atomic E-state index is 0.107. The largest absolute Gasteiger partial charge is 0.496 e. The summed E-state index contributed by atoms with van der Waals surface area (Å²) in [6.07, 6.45) is 1.24. The van der Waals surface area contributed by atoms with Gasteiger partial charge in [-0.05, 0) is 43.8 Å². The number of methoxy groups -OCH3 is 1. The van der Waals surface area contributed by atoms with Crippen molar-refractivity contribution in [1.29, 1.82) is 0 Å². The van der Waals surface area contributed by atoms with Crippen LogP contribution in [-0.2, 0) is 6.54 Å². The number of hydrogen-bond donors (Lipinski definition) is 0. The summed E-state index contributed by atoms with van der Waals surface area (Å²) in [7, 11) is 1.69. The molecular weight excluding hydrogens is 258 g/mol. The van der Waals surface area contributed by atoms with Crippen LogP contribution in [0.15, 0.2) is 18.2 Å². The van der Waals surface area contributed by atoms with Crippen molar-refractivity contribution in [2.75, 3.05) is 31.7 Å². The van der Waals surface area contributed by atoms with Crippen molar-refractivity contribution in [2.24, 2.45) is 0 Å². The third kappa shape index (κ3) is 3.98. The number of Topliss-reactive ketones (excluding diaryl/α,β-unsaturated/α-hetero) is 1. The summed E-state index contributed by atoms with van der Waals surface area (Å²) in [4.78, 5) is 13.9. The highest BCUT2D eigenvalue weighted by atomic mass is 32.2. The Kier molecular flexibility index (Phi) is 5.28. The molecule has 1 fully saturated rings. The first-order valence-corrected chi connectivity index (χ1v) is 7.84. The first-order valence-electron chi connectivity index (χ1n) is 6.68. The van der Waals surface area contributed by atoms with Crippen LogP contribution in [-0.4, -0.2) is 42.4 Å². The summed E-state index contributed by atoms with van der Waals surface area (Å²) < 4.78 is 5.41. The zero-order valence-corrected chi connectivity index (χ0v) is 12.5. The fourth-order valence-electron chi connectivity index (χ4n) is 2.32. The highest BCUT2D eigenvalue weighted by molar-refractivity contribution is 7.99. The molecule has 0 amide bonds. The predicted molar refractivity (Wildman–Crippen MR) is 80.2 cm³/mol. The number of ether oxygens (including phenoxy) is 1. The van der Waals surface area contributed by atoms with Crippen LogP contribution < -0.4 is 4.74 Å². The molecule has 0 N–H and O–H groups in total. The second-order valence-electron chi connectivity index (χ2n) is 4.82. The van der Waals surface area contributed by atoms with E-state index in [0.29, 0.717) is 0 Å². The number of benzene rings is 1. The van der Waals surface area contributed by atoms with E-state index in [2.05, 4.69) is 4.90 Å². The molecular formula is C15H21NO2S. The summed E-state index contributed by atoms with van der Waals surface area (Å²) >= 11 is 2.02. The molecule has 1 heterocycles. The van der Waals surface area contributed by atoms with Crippen molar-refractivity contribution in [3.63, 3.8) is 0 Å². The molecule has 1 aliphatic rings. The molecule has 104 valence electrons. The Morgan fingerprint density at radius 1 is 1.37 bits per heavy atom. The molecule has 1 aromatic rings. The van der Waals surface area contributed by atoms with Crippen molar-refractivity contribution >= 4 is 17.5 Å². The van der Waals surface area contributed by atoms with Crippen LogP contribution in [0.2, 0.25) is 0 Å².